The molecule has 0 aromatic heterocycles. The predicted molar refractivity (Wildman–Crippen MR) is 422 cm³/mol. The number of phosphoric ester groups is 1. The Morgan fingerprint density at radius 2 is 0.567 bits per heavy atom. The van der Waals surface area contributed by atoms with Gasteiger partial charge in [-0.3, -0.25) is 18.6 Å². The Morgan fingerprint density at radius 3 is 0.845 bits per heavy atom. The monoisotopic (exact) mass is 1370 g/mol. The lowest BCUT2D eigenvalue weighted by atomic mass is 10.0. The number of phosphoric acid groups is 1. The molecule has 0 aliphatic rings. The van der Waals surface area contributed by atoms with E-state index in [1.54, 1.807) is 0 Å². The van der Waals surface area contributed by atoms with Crippen molar-refractivity contribution in [1.29, 1.82) is 0 Å². The number of carbonyl (C=O) groups excluding carboxylic acids is 2. The normalized spacial score (nSPS) is 13.6. The van der Waals surface area contributed by atoms with Crippen molar-refractivity contribution in [3.05, 3.63) is 134 Å². The average molecular weight is 1370 g/mol. The molecule has 0 saturated heterocycles. The Balaban J connectivity index is 3.88. The zero-order valence-electron chi connectivity index (χ0n) is 63.0. The highest BCUT2D eigenvalue weighted by molar-refractivity contribution is 7.47. The summed E-state index contributed by atoms with van der Waals surface area (Å²) in [4.78, 5) is 35.4. The van der Waals surface area contributed by atoms with E-state index >= 15 is 0 Å². The molecule has 2 unspecified atom stereocenters. The molecule has 0 amide bonds. The van der Waals surface area contributed by atoms with Crippen molar-refractivity contribution in [2.45, 2.75) is 380 Å². The van der Waals surface area contributed by atoms with Gasteiger partial charge in [0.1, 0.15) is 6.61 Å². The van der Waals surface area contributed by atoms with Crippen LogP contribution in [0.1, 0.15) is 373 Å². The zero-order chi connectivity index (χ0) is 70.0. The van der Waals surface area contributed by atoms with Gasteiger partial charge >= 0.3 is 19.8 Å². The van der Waals surface area contributed by atoms with Crippen molar-refractivity contribution in [3.63, 3.8) is 0 Å². The van der Waals surface area contributed by atoms with E-state index in [0.29, 0.717) is 6.42 Å². The summed E-state index contributed by atoms with van der Waals surface area (Å²) >= 11 is 0. The summed E-state index contributed by atoms with van der Waals surface area (Å²) in [6, 6.07) is 0. The van der Waals surface area contributed by atoms with Crippen LogP contribution in [-0.2, 0) is 32.7 Å². The molecule has 0 aromatic rings. The first-order valence-electron chi connectivity index (χ1n) is 40.7. The lowest BCUT2D eigenvalue weighted by Gasteiger charge is -2.19. The Morgan fingerprint density at radius 1 is 0.320 bits per heavy atom. The topological polar surface area (TPSA) is 134 Å². The summed E-state index contributed by atoms with van der Waals surface area (Å²) in [6.07, 6.45) is 116. The Bertz CT molecular complexity index is 2060. The molecule has 0 aliphatic carbocycles. The summed E-state index contributed by atoms with van der Waals surface area (Å²) in [6.45, 7) is 3.63. The third-order valence-corrected chi connectivity index (χ3v) is 18.5. The SMILES string of the molecule is CC/C=C\C/C=C\C/C=C\C/C=C\C/C=C\C/C=C\C/C=C\C/C=C\C/C=C\C/C=C\C/C=C\CCCCCC(=O)OC(COC(=O)CCCCCCCCCCCCCCCCCCCCCCCCCCCCCCCCCCCCCCCCC)COP(=O)(O)OCCN. The number of carbonyl (C=O) groups is 2. The quantitative estimate of drug-likeness (QED) is 0.0264. The van der Waals surface area contributed by atoms with Crippen molar-refractivity contribution >= 4 is 19.8 Å². The van der Waals surface area contributed by atoms with E-state index in [2.05, 4.69) is 148 Å². The number of hydrogen-bond acceptors (Lipinski definition) is 8. The molecule has 3 N–H and O–H groups in total. The second-order valence-electron chi connectivity index (χ2n) is 26.9. The number of esters is 2. The molecule has 0 radical (unpaired) electrons. The summed E-state index contributed by atoms with van der Waals surface area (Å²) < 4.78 is 33.2. The van der Waals surface area contributed by atoms with Crippen LogP contribution in [-0.4, -0.2) is 49.3 Å². The van der Waals surface area contributed by atoms with Gasteiger partial charge in [0.2, 0.25) is 0 Å². The molecule has 558 valence electrons. The van der Waals surface area contributed by atoms with Crippen molar-refractivity contribution in [1.82, 2.24) is 0 Å². The molecule has 0 heterocycles. The first-order valence-corrected chi connectivity index (χ1v) is 42.2. The minimum atomic E-state index is -4.42. The maximum Gasteiger partial charge on any atom is 0.472 e. The molecule has 2 atom stereocenters. The molecule has 9 nitrogen and oxygen atoms in total. The lowest BCUT2D eigenvalue weighted by Crippen LogP contribution is -2.29. The van der Waals surface area contributed by atoms with Crippen LogP contribution < -0.4 is 5.73 Å². The number of unbranched alkanes of at least 4 members (excludes halogenated alkanes) is 41. The van der Waals surface area contributed by atoms with Gasteiger partial charge < -0.3 is 20.1 Å². The first kappa shape index (κ1) is 93.2. The number of ether oxygens (including phenoxy) is 2. The summed E-state index contributed by atoms with van der Waals surface area (Å²) in [7, 11) is -4.42. The van der Waals surface area contributed by atoms with E-state index < -0.39 is 26.5 Å². The fourth-order valence-corrected chi connectivity index (χ4v) is 12.4. The van der Waals surface area contributed by atoms with Crippen molar-refractivity contribution in [3.8, 4) is 0 Å². The lowest BCUT2D eigenvalue weighted by molar-refractivity contribution is -0.161. The summed E-state index contributed by atoms with van der Waals surface area (Å²) in [5.74, 6) is -0.861. The standard InChI is InChI=1S/C87H152NO8P/c1-3-5-7-9-11-13-15-17-19-21-23-25-27-29-31-33-35-37-39-41-42-44-45-47-49-51-53-55-57-59-61-63-65-67-69-71-73-75-77-79-86(89)93-83-85(84-95-97(91,92)94-82-81-88)96-87(90)80-78-76-74-72-70-68-66-64-62-60-58-56-54-52-50-48-46-43-40-38-36-34-32-30-28-26-24-22-20-18-16-14-12-10-8-6-4-2/h6,8,12,14,18,20,24,26,30,32,36,38,43,46,50,52,56,58,62,64,68,70,85H,3-5,7,9-11,13,15-17,19,21-23,25,27-29,31,33-35,37,39-42,44-45,47-49,51,53-55,57,59-61,63,65-67,69,71-84,88H2,1-2H3,(H,91,92)/b8-6-,14-12-,20-18-,26-24-,32-30-,38-36-,46-43-,52-50-,58-56-,64-62-,70-68-. The van der Waals surface area contributed by atoms with Crippen LogP contribution in [0.2, 0.25) is 0 Å². The Kier molecular flexibility index (Phi) is 77.9. The molecule has 0 aliphatic heterocycles. The highest BCUT2D eigenvalue weighted by Crippen LogP contribution is 2.43. The number of rotatable bonds is 76. The van der Waals surface area contributed by atoms with Gasteiger partial charge in [-0.05, 0) is 96.3 Å². The molecule has 97 heavy (non-hydrogen) atoms. The molecule has 0 aromatic carbocycles. The molecule has 0 fully saturated rings. The predicted octanol–water partition coefficient (Wildman–Crippen LogP) is 27.5. The average Bonchev–Trinajstić information content (AvgIpc) is 2.17. The van der Waals surface area contributed by atoms with Crippen molar-refractivity contribution < 1.29 is 37.6 Å². The first-order chi connectivity index (χ1) is 47.8. The second kappa shape index (κ2) is 81.1. The summed E-state index contributed by atoms with van der Waals surface area (Å²) in [5, 5.41) is 0. The van der Waals surface area contributed by atoms with Gasteiger partial charge in [-0.15, -0.1) is 0 Å². The van der Waals surface area contributed by atoms with Crippen LogP contribution >= 0.6 is 7.82 Å². The van der Waals surface area contributed by atoms with Gasteiger partial charge in [0, 0.05) is 19.4 Å². The fourth-order valence-electron chi connectivity index (χ4n) is 11.6. The van der Waals surface area contributed by atoms with Gasteiger partial charge in [-0.2, -0.15) is 0 Å². The minimum Gasteiger partial charge on any atom is -0.462 e. The van der Waals surface area contributed by atoms with Crippen LogP contribution in [0.4, 0.5) is 0 Å². The smallest absolute Gasteiger partial charge is 0.462 e. The fraction of sp³-hybridized carbons (Fsp3) is 0.724. The molecular weight excluding hydrogens is 1220 g/mol. The summed E-state index contributed by atoms with van der Waals surface area (Å²) in [5.41, 5.74) is 5.41. The van der Waals surface area contributed by atoms with E-state index in [1.165, 1.54) is 231 Å². The van der Waals surface area contributed by atoms with Gasteiger partial charge in [0.05, 0.1) is 13.2 Å². The third kappa shape index (κ3) is 81.0. The van der Waals surface area contributed by atoms with Crippen LogP contribution in [0, 0.1) is 0 Å². The van der Waals surface area contributed by atoms with Gasteiger partial charge in [-0.25, -0.2) is 4.57 Å². The van der Waals surface area contributed by atoms with E-state index in [-0.39, 0.29) is 38.6 Å². The highest BCUT2D eigenvalue weighted by atomic mass is 31.2. The highest BCUT2D eigenvalue weighted by Gasteiger charge is 2.26. The zero-order valence-corrected chi connectivity index (χ0v) is 63.9. The van der Waals surface area contributed by atoms with Gasteiger partial charge in [0.25, 0.3) is 0 Å². The molecule has 0 rings (SSSR count). The Hall–Kier alpha value is -3.85. The minimum absolute atomic E-state index is 0.0424. The maximum atomic E-state index is 12.8. The molecule has 0 spiro atoms. The van der Waals surface area contributed by atoms with Crippen LogP contribution in [0.15, 0.2) is 134 Å². The van der Waals surface area contributed by atoms with Gasteiger partial charge in [0.15, 0.2) is 6.10 Å². The largest absolute Gasteiger partial charge is 0.472 e. The Labute approximate surface area is 599 Å². The molecular formula is C87H152NO8P. The van der Waals surface area contributed by atoms with E-state index in [1.807, 2.05) is 0 Å². The maximum absolute atomic E-state index is 12.8. The van der Waals surface area contributed by atoms with Gasteiger partial charge in [-0.1, -0.05) is 398 Å². The molecule has 10 heteroatoms. The number of allylic oxidation sites excluding steroid dienone is 22. The van der Waals surface area contributed by atoms with Crippen molar-refractivity contribution in [2.75, 3.05) is 26.4 Å². The molecule has 0 bridgehead atoms. The van der Waals surface area contributed by atoms with E-state index in [9.17, 15) is 19.0 Å². The van der Waals surface area contributed by atoms with E-state index in [0.717, 1.165) is 109 Å². The number of hydrogen-bond donors (Lipinski definition) is 2. The van der Waals surface area contributed by atoms with Crippen LogP contribution in [0.5, 0.6) is 0 Å². The van der Waals surface area contributed by atoms with Crippen LogP contribution in [0.3, 0.4) is 0 Å². The van der Waals surface area contributed by atoms with Crippen LogP contribution in [0.25, 0.3) is 0 Å². The van der Waals surface area contributed by atoms with E-state index in [4.69, 9.17) is 24.3 Å². The number of nitrogens with two attached hydrogens (primary N) is 1. The van der Waals surface area contributed by atoms with Crippen molar-refractivity contribution in [2.24, 2.45) is 5.73 Å². The molecule has 0 saturated carbocycles. The second-order valence-corrected chi connectivity index (χ2v) is 28.4. The third-order valence-electron chi connectivity index (χ3n) is 17.6.